The minimum Gasteiger partial charge on any atom is -0.497 e. The molecule has 3 aromatic carbocycles. The second-order valence-corrected chi connectivity index (χ2v) is 12.2. The predicted molar refractivity (Wildman–Crippen MR) is 153 cm³/mol. The highest BCUT2D eigenvalue weighted by atomic mass is 32.2. The molecule has 0 heterocycles. The molecule has 0 bridgehead atoms. The van der Waals surface area contributed by atoms with Crippen LogP contribution in [-0.2, 0) is 26.2 Å². The smallest absolute Gasteiger partial charge is 0.264 e. The topological polar surface area (TPSA) is 96.0 Å². The number of sulfonamides is 1. The number of carbonyl (C=O) groups excluding carboxylic acids is 2. The highest BCUT2D eigenvalue weighted by molar-refractivity contribution is 7.92. The lowest BCUT2D eigenvalue weighted by Crippen LogP contribution is -2.54. The van der Waals surface area contributed by atoms with Gasteiger partial charge in [0.2, 0.25) is 11.8 Å². The first-order chi connectivity index (χ1) is 18.3. The van der Waals surface area contributed by atoms with Gasteiger partial charge in [-0.2, -0.15) is 0 Å². The van der Waals surface area contributed by atoms with Crippen LogP contribution in [0.1, 0.15) is 38.8 Å². The van der Waals surface area contributed by atoms with Crippen LogP contribution in [-0.4, -0.2) is 50.4 Å². The van der Waals surface area contributed by atoms with Gasteiger partial charge in [-0.1, -0.05) is 42.5 Å². The molecule has 0 aliphatic rings. The molecule has 9 heteroatoms. The zero-order valence-electron chi connectivity index (χ0n) is 23.3. The summed E-state index contributed by atoms with van der Waals surface area (Å²) in [6, 6.07) is 21.2. The van der Waals surface area contributed by atoms with E-state index in [0.29, 0.717) is 11.4 Å². The van der Waals surface area contributed by atoms with Crippen molar-refractivity contribution in [3.63, 3.8) is 0 Å². The average molecular weight is 552 g/mol. The monoisotopic (exact) mass is 551 g/mol. The Bertz CT molecular complexity index is 1380. The van der Waals surface area contributed by atoms with Gasteiger partial charge in [0.25, 0.3) is 10.0 Å². The Hall–Kier alpha value is -3.85. The fourth-order valence-corrected chi connectivity index (χ4v) is 5.46. The first kappa shape index (κ1) is 29.7. The largest absolute Gasteiger partial charge is 0.497 e. The number of nitrogens with one attached hydrogen (secondary N) is 1. The van der Waals surface area contributed by atoms with E-state index in [2.05, 4.69) is 5.32 Å². The molecular weight excluding hydrogens is 514 g/mol. The molecule has 0 fully saturated rings. The van der Waals surface area contributed by atoms with Crippen LogP contribution >= 0.6 is 0 Å². The van der Waals surface area contributed by atoms with Gasteiger partial charge in [0.1, 0.15) is 18.3 Å². The molecule has 3 rings (SSSR count). The number of aryl methyl sites for hydroxylation is 1. The van der Waals surface area contributed by atoms with Crippen LogP contribution in [0.3, 0.4) is 0 Å². The number of benzene rings is 3. The molecule has 0 aliphatic heterocycles. The van der Waals surface area contributed by atoms with Gasteiger partial charge < -0.3 is 15.0 Å². The first-order valence-electron chi connectivity index (χ1n) is 12.7. The molecule has 1 N–H and O–H groups in total. The Morgan fingerprint density at radius 3 is 2.08 bits per heavy atom. The number of methoxy groups -OCH3 is 1. The number of rotatable bonds is 10. The molecule has 1 unspecified atom stereocenters. The van der Waals surface area contributed by atoms with E-state index >= 15 is 0 Å². The molecular formula is C30H37N3O5S. The van der Waals surface area contributed by atoms with E-state index in [9.17, 15) is 18.0 Å². The Kier molecular flexibility index (Phi) is 9.40. The Morgan fingerprint density at radius 1 is 0.923 bits per heavy atom. The van der Waals surface area contributed by atoms with Gasteiger partial charge in [-0.3, -0.25) is 13.9 Å². The van der Waals surface area contributed by atoms with E-state index in [1.54, 1.807) is 49.4 Å². The number of hydrogen-bond acceptors (Lipinski definition) is 5. The van der Waals surface area contributed by atoms with E-state index < -0.39 is 34.1 Å². The molecule has 0 saturated heterocycles. The molecule has 8 nitrogen and oxygen atoms in total. The molecule has 0 aliphatic carbocycles. The molecule has 2 amide bonds. The zero-order valence-corrected chi connectivity index (χ0v) is 24.2. The van der Waals surface area contributed by atoms with Crippen LogP contribution in [0.4, 0.5) is 5.69 Å². The van der Waals surface area contributed by atoms with Crippen molar-refractivity contribution >= 4 is 27.5 Å². The summed E-state index contributed by atoms with van der Waals surface area (Å²) in [6.07, 6.45) is 0. The summed E-state index contributed by atoms with van der Waals surface area (Å²) in [5.41, 5.74) is 1.62. The summed E-state index contributed by atoms with van der Waals surface area (Å²) in [5, 5.41) is 2.93. The molecule has 0 aromatic heterocycles. The van der Waals surface area contributed by atoms with Crippen molar-refractivity contribution < 1.29 is 22.7 Å². The van der Waals surface area contributed by atoms with E-state index in [-0.39, 0.29) is 17.3 Å². The Balaban J connectivity index is 2.04. The van der Waals surface area contributed by atoms with E-state index in [0.717, 1.165) is 15.4 Å². The number of nitrogens with zero attached hydrogens (tertiary/aromatic N) is 2. The summed E-state index contributed by atoms with van der Waals surface area (Å²) in [6.45, 7) is 8.83. The third-order valence-corrected chi connectivity index (χ3v) is 8.03. The summed E-state index contributed by atoms with van der Waals surface area (Å²) in [4.78, 5) is 28.6. The Labute approximate surface area is 231 Å². The quantitative estimate of drug-likeness (QED) is 0.399. The van der Waals surface area contributed by atoms with E-state index in [1.807, 2.05) is 52.0 Å². The maximum atomic E-state index is 14.0. The van der Waals surface area contributed by atoms with Crippen LogP contribution in [0.25, 0.3) is 0 Å². The van der Waals surface area contributed by atoms with Crippen LogP contribution in [0.15, 0.2) is 83.8 Å². The summed E-state index contributed by atoms with van der Waals surface area (Å²) < 4.78 is 33.9. The van der Waals surface area contributed by atoms with Crippen molar-refractivity contribution in [3.8, 4) is 5.75 Å². The molecule has 0 saturated carbocycles. The van der Waals surface area contributed by atoms with Crippen LogP contribution in [0.5, 0.6) is 5.75 Å². The van der Waals surface area contributed by atoms with Crippen molar-refractivity contribution in [2.24, 2.45) is 0 Å². The maximum Gasteiger partial charge on any atom is 0.264 e. The number of anilines is 1. The van der Waals surface area contributed by atoms with Crippen LogP contribution in [0.2, 0.25) is 0 Å². The standard InChI is InChI=1S/C30H37N3O5S/c1-22-12-10-11-13-24(22)20-32(23(2)29(35)31-30(3,4)5)28(34)21-33(25-16-18-26(38-6)19-17-25)39(36,37)27-14-8-7-9-15-27/h7-19,23H,20-21H2,1-6H3,(H,31,35). The van der Waals surface area contributed by atoms with Crippen LogP contribution in [0, 0.1) is 6.92 Å². The summed E-state index contributed by atoms with van der Waals surface area (Å²) in [7, 11) is -2.60. The first-order valence-corrected chi connectivity index (χ1v) is 14.2. The van der Waals surface area contributed by atoms with Gasteiger partial charge in [-0.05, 0) is 82.1 Å². The van der Waals surface area contributed by atoms with Gasteiger partial charge in [-0.25, -0.2) is 8.42 Å². The predicted octanol–water partition coefficient (Wildman–Crippen LogP) is 4.53. The lowest BCUT2D eigenvalue weighted by Gasteiger charge is -2.33. The van der Waals surface area contributed by atoms with Gasteiger partial charge in [0.15, 0.2) is 0 Å². The van der Waals surface area contributed by atoms with Crippen molar-refractivity contribution in [1.82, 2.24) is 10.2 Å². The highest BCUT2D eigenvalue weighted by Crippen LogP contribution is 2.26. The van der Waals surface area contributed by atoms with Gasteiger partial charge in [-0.15, -0.1) is 0 Å². The summed E-state index contributed by atoms with van der Waals surface area (Å²) in [5.74, 6) is -0.285. The molecule has 208 valence electrons. The second-order valence-electron chi connectivity index (χ2n) is 10.4. The number of hydrogen-bond donors (Lipinski definition) is 1. The highest BCUT2D eigenvalue weighted by Gasteiger charge is 2.33. The van der Waals surface area contributed by atoms with Crippen molar-refractivity contribution in [2.45, 2.75) is 57.6 Å². The fraction of sp³-hybridized carbons (Fsp3) is 0.333. The fourth-order valence-electron chi connectivity index (χ4n) is 4.02. The minimum atomic E-state index is -4.11. The summed E-state index contributed by atoms with van der Waals surface area (Å²) >= 11 is 0. The van der Waals surface area contributed by atoms with Crippen molar-refractivity contribution in [2.75, 3.05) is 18.0 Å². The van der Waals surface area contributed by atoms with Crippen molar-refractivity contribution in [3.05, 3.63) is 90.0 Å². The molecule has 0 radical (unpaired) electrons. The Morgan fingerprint density at radius 2 is 1.51 bits per heavy atom. The average Bonchev–Trinajstić information content (AvgIpc) is 2.90. The molecule has 0 spiro atoms. The SMILES string of the molecule is COc1ccc(N(CC(=O)N(Cc2ccccc2C)C(C)C(=O)NC(C)(C)C)S(=O)(=O)c2ccccc2)cc1. The normalized spacial score (nSPS) is 12.4. The number of carbonyl (C=O) groups is 2. The third kappa shape index (κ3) is 7.60. The zero-order chi connectivity index (χ0) is 28.8. The molecule has 1 atom stereocenters. The number of amides is 2. The van der Waals surface area contributed by atoms with E-state index in [4.69, 9.17) is 4.74 Å². The second kappa shape index (κ2) is 12.3. The van der Waals surface area contributed by atoms with Gasteiger partial charge in [0, 0.05) is 12.1 Å². The number of ether oxygens (including phenoxy) is 1. The van der Waals surface area contributed by atoms with Gasteiger partial charge in [0.05, 0.1) is 17.7 Å². The van der Waals surface area contributed by atoms with Crippen LogP contribution < -0.4 is 14.4 Å². The lowest BCUT2D eigenvalue weighted by atomic mass is 10.1. The molecule has 3 aromatic rings. The lowest BCUT2D eigenvalue weighted by molar-refractivity contribution is -0.140. The third-order valence-electron chi connectivity index (χ3n) is 6.24. The van der Waals surface area contributed by atoms with E-state index in [1.165, 1.54) is 24.1 Å². The maximum absolute atomic E-state index is 14.0. The van der Waals surface area contributed by atoms with Crippen molar-refractivity contribution in [1.29, 1.82) is 0 Å². The molecule has 39 heavy (non-hydrogen) atoms. The van der Waals surface area contributed by atoms with Gasteiger partial charge >= 0.3 is 0 Å². The minimum absolute atomic E-state index is 0.0533.